The second-order valence-electron chi connectivity index (χ2n) is 5.57. The maximum absolute atomic E-state index is 4.65. The molecular weight excluding hydrogens is 407 g/mol. The van der Waals surface area contributed by atoms with Crippen LogP contribution in [0, 0.1) is 0 Å². The fourth-order valence-corrected chi connectivity index (χ4v) is 2.86. The standard InChI is InChI=1S/C16H30N4S.HI/c1-5-6-7-8-10-18-16(17-4)19-11-9-14-12-21-15(20-14)13(2)3;/h12-13H,5-11H2,1-4H3,(H2,17,18,19);1H. The Hall–Kier alpha value is -0.370. The van der Waals surface area contributed by atoms with Crippen molar-refractivity contribution in [2.45, 2.75) is 58.8 Å². The van der Waals surface area contributed by atoms with E-state index < -0.39 is 0 Å². The normalized spacial score (nSPS) is 11.4. The van der Waals surface area contributed by atoms with E-state index >= 15 is 0 Å². The molecule has 2 N–H and O–H groups in total. The number of aliphatic imine (C=N–C) groups is 1. The van der Waals surface area contributed by atoms with Gasteiger partial charge in [0.1, 0.15) is 0 Å². The molecule has 1 aromatic rings. The summed E-state index contributed by atoms with van der Waals surface area (Å²) in [5, 5.41) is 10.1. The predicted molar refractivity (Wildman–Crippen MR) is 109 cm³/mol. The van der Waals surface area contributed by atoms with Crippen molar-refractivity contribution in [1.82, 2.24) is 15.6 Å². The van der Waals surface area contributed by atoms with Crippen LogP contribution in [0.4, 0.5) is 0 Å². The molecule has 0 aliphatic rings. The van der Waals surface area contributed by atoms with Gasteiger partial charge >= 0.3 is 0 Å². The van der Waals surface area contributed by atoms with Gasteiger partial charge in [0.15, 0.2) is 5.96 Å². The van der Waals surface area contributed by atoms with Crippen LogP contribution in [0.25, 0.3) is 0 Å². The molecule has 0 atom stereocenters. The third kappa shape index (κ3) is 8.92. The summed E-state index contributed by atoms with van der Waals surface area (Å²) in [4.78, 5) is 8.89. The summed E-state index contributed by atoms with van der Waals surface area (Å²) in [6.07, 6.45) is 6.03. The summed E-state index contributed by atoms with van der Waals surface area (Å²) in [6, 6.07) is 0. The fourth-order valence-electron chi connectivity index (χ4n) is 1.99. The lowest BCUT2D eigenvalue weighted by molar-refractivity contribution is 0.646. The van der Waals surface area contributed by atoms with Gasteiger partial charge in [-0.2, -0.15) is 0 Å². The minimum Gasteiger partial charge on any atom is -0.356 e. The van der Waals surface area contributed by atoms with Gasteiger partial charge in [0.05, 0.1) is 10.7 Å². The lowest BCUT2D eigenvalue weighted by Crippen LogP contribution is -2.38. The molecule has 0 aliphatic heterocycles. The zero-order chi connectivity index (χ0) is 15.5. The Kier molecular flexibility index (Phi) is 12.9. The Labute approximate surface area is 156 Å². The third-order valence-corrected chi connectivity index (χ3v) is 4.48. The number of rotatable bonds is 9. The van der Waals surface area contributed by atoms with E-state index in [1.807, 2.05) is 7.05 Å². The predicted octanol–water partition coefficient (Wildman–Crippen LogP) is 4.17. The van der Waals surface area contributed by atoms with Gasteiger partial charge in [-0.05, 0) is 6.42 Å². The van der Waals surface area contributed by atoms with Crippen LogP contribution in [-0.2, 0) is 6.42 Å². The third-order valence-electron chi connectivity index (χ3n) is 3.28. The molecule has 1 heterocycles. The average Bonchev–Trinajstić information content (AvgIpc) is 2.94. The number of aromatic nitrogens is 1. The molecule has 0 saturated heterocycles. The van der Waals surface area contributed by atoms with Crippen LogP contribution in [-0.4, -0.2) is 31.1 Å². The summed E-state index contributed by atoms with van der Waals surface area (Å²) < 4.78 is 0. The Morgan fingerprint density at radius 2 is 1.95 bits per heavy atom. The molecule has 0 unspecified atom stereocenters. The molecule has 0 radical (unpaired) electrons. The molecule has 4 nitrogen and oxygen atoms in total. The van der Waals surface area contributed by atoms with E-state index in [2.05, 4.69) is 46.8 Å². The van der Waals surface area contributed by atoms with Gasteiger partial charge < -0.3 is 10.6 Å². The highest BCUT2D eigenvalue weighted by molar-refractivity contribution is 14.0. The topological polar surface area (TPSA) is 49.3 Å². The first-order valence-electron chi connectivity index (χ1n) is 8.06. The highest BCUT2D eigenvalue weighted by Gasteiger charge is 2.05. The average molecular weight is 438 g/mol. The van der Waals surface area contributed by atoms with E-state index in [0.29, 0.717) is 5.92 Å². The van der Waals surface area contributed by atoms with Gasteiger partial charge in [0.2, 0.25) is 0 Å². The van der Waals surface area contributed by atoms with Crippen LogP contribution in [0.1, 0.15) is 63.1 Å². The highest BCUT2D eigenvalue weighted by Crippen LogP contribution is 2.19. The lowest BCUT2D eigenvalue weighted by atomic mass is 10.2. The van der Waals surface area contributed by atoms with Crippen LogP contribution in [0.2, 0.25) is 0 Å². The number of guanidine groups is 1. The highest BCUT2D eigenvalue weighted by atomic mass is 127. The lowest BCUT2D eigenvalue weighted by Gasteiger charge is -2.11. The Bertz CT molecular complexity index is 418. The summed E-state index contributed by atoms with van der Waals surface area (Å²) in [7, 11) is 1.82. The number of hydrogen-bond acceptors (Lipinski definition) is 3. The minimum absolute atomic E-state index is 0. The summed E-state index contributed by atoms with van der Waals surface area (Å²) in [5.74, 6) is 1.42. The molecule has 1 rings (SSSR count). The van der Waals surface area contributed by atoms with Crippen molar-refractivity contribution < 1.29 is 0 Å². The first-order valence-corrected chi connectivity index (χ1v) is 8.94. The van der Waals surface area contributed by atoms with Crippen LogP contribution >= 0.6 is 35.3 Å². The van der Waals surface area contributed by atoms with Crippen molar-refractivity contribution in [2.24, 2.45) is 4.99 Å². The zero-order valence-electron chi connectivity index (χ0n) is 14.3. The molecule has 6 heteroatoms. The van der Waals surface area contributed by atoms with Crippen molar-refractivity contribution in [3.8, 4) is 0 Å². The Balaban J connectivity index is 0.00000441. The van der Waals surface area contributed by atoms with E-state index in [0.717, 1.165) is 25.5 Å². The fraction of sp³-hybridized carbons (Fsp3) is 0.750. The molecule has 0 aromatic carbocycles. The molecule has 0 fully saturated rings. The van der Waals surface area contributed by atoms with Crippen LogP contribution < -0.4 is 10.6 Å². The Morgan fingerprint density at radius 1 is 1.23 bits per heavy atom. The largest absolute Gasteiger partial charge is 0.356 e. The number of thiazole rings is 1. The molecule has 0 aliphatic carbocycles. The number of halogens is 1. The first kappa shape index (κ1) is 21.6. The van der Waals surface area contributed by atoms with Crippen molar-refractivity contribution >= 4 is 41.3 Å². The van der Waals surface area contributed by atoms with Crippen molar-refractivity contribution in [3.05, 3.63) is 16.1 Å². The number of nitrogens with one attached hydrogen (secondary N) is 2. The smallest absolute Gasteiger partial charge is 0.190 e. The van der Waals surface area contributed by atoms with Gasteiger partial charge in [-0.3, -0.25) is 4.99 Å². The zero-order valence-corrected chi connectivity index (χ0v) is 17.5. The van der Waals surface area contributed by atoms with Crippen LogP contribution in [0.15, 0.2) is 10.4 Å². The molecule has 1 aromatic heterocycles. The second-order valence-corrected chi connectivity index (χ2v) is 6.46. The van der Waals surface area contributed by atoms with E-state index in [-0.39, 0.29) is 24.0 Å². The first-order chi connectivity index (χ1) is 10.2. The number of nitrogens with zero attached hydrogens (tertiary/aromatic N) is 2. The van der Waals surface area contributed by atoms with Crippen molar-refractivity contribution in [1.29, 1.82) is 0 Å². The van der Waals surface area contributed by atoms with Gasteiger partial charge in [0, 0.05) is 37.9 Å². The molecule has 128 valence electrons. The number of unbranched alkanes of at least 4 members (excludes halogenated alkanes) is 3. The van der Waals surface area contributed by atoms with E-state index in [1.54, 1.807) is 11.3 Å². The minimum atomic E-state index is 0. The van der Waals surface area contributed by atoms with Crippen LogP contribution in [0.3, 0.4) is 0 Å². The number of hydrogen-bond donors (Lipinski definition) is 2. The van der Waals surface area contributed by atoms with E-state index in [9.17, 15) is 0 Å². The maximum Gasteiger partial charge on any atom is 0.190 e. The summed E-state index contributed by atoms with van der Waals surface area (Å²) >= 11 is 1.76. The molecule has 0 amide bonds. The quantitative estimate of drug-likeness (QED) is 0.263. The van der Waals surface area contributed by atoms with Crippen molar-refractivity contribution in [2.75, 3.05) is 20.1 Å². The van der Waals surface area contributed by atoms with Gasteiger partial charge in [0.25, 0.3) is 0 Å². The molecule has 0 saturated carbocycles. The van der Waals surface area contributed by atoms with Gasteiger partial charge in [-0.15, -0.1) is 35.3 Å². The molecular formula is C16H31IN4S. The van der Waals surface area contributed by atoms with Gasteiger partial charge in [-0.25, -0.2) is 4.98 Å². The summed E-state index contributed by atoms with van der Waals surface area (Å²) in [6.45, 7) is 8.47. The van der Waals surface area contributed by atoms with Gasteiger partial charge in [-0.1, -0.05) is 40.0 Å². The van der Waals surface area contributed by atoms with Crippen molar-refractivity contribution in [3.63, 3.8) is 0 Å². The summed E-state index contributed by atoms with van der Waals surface area (Å²) in [5.41, 5.74) is 1.18. The monoisotopic (exact) mass is 438 g/mol. The maximum atomic E-state index is 4.65. The van der Waals surface area contributed by atoms with E-state index in [4.69, 9.17) is 0 Å². The molecule has 0 spiro atoms. The Morgan fingerprint density at radius 3 is 2.55 bits per heavy atom. The second kappa shape index (κ2) is 13.1. The SMILES string of the molecule is CCCCCCNC(=NC)NCCc1csc(C(C)C)n1.I. The molecule has 0 bridgehead atoms. The van der Waals surface area contributed by atoms with Crippen LogP contribution in [0.5, 0.6) is 0 Å². The van der Waals surface area contributed by atoms with E-state index in [1.165, 1.54) is 36.4 Å². The molecule has 22 heavy (non-hydrogen) atoms.